The van der Waals surface area contributed by atoms with Crippen LogP contribution >= 0.6 is 0 Å². The third-order valence-electron chi connectivity index (χ3n) is 6.52. The van der Waals surface area contributed by atoms with Crippen LogP contribution in [0.2, 0.25) is 0 Å². The fraction of sp³-hybridized carbons (Fsp3) is 0.308. The van der Waals surface area contributed by atoms with E-state index >= 15 is 0 Å². The van der Waals surface area contributed by atoms with E-state index in [4.69, 9.17) is 5.73 Å². The summed E-state index contributed by atoms with van der Waals surface area (Å²) in [5.74, 6) is -2.50. The predicted octanol–water partition coefficient (Wildman–Crippen LogP) is 3.32. The Balaban J connectivity index is 1.65. The van der Waals surface area contributed by atoms with Gasteiger partial charge in [0.05, 0.1) is 22.9 Å². The van der Waals surface area contributed by atoms with Crippen LogP contribution in [0.3, 0.4) is 0 Å². The fourth-order valence-electron chi connectivity index (χ4n) is 4.27. The lowest BCUT2D eigenvalue weighted by atomic mass is 9.83. The molecule has 1 saturated heterocycles. The van der Waals surface area contributed by atoms with Gasteiger partial charge in [-0.3, -0.25) is 9.59 Å². The first kappa shape index (κ1) is 25.2. The predicted molar refractivity (Wildman–Crippen MR) is 133 cm³/mol. The number of primary amides is 1. The summed E-state index contributed by atoms with van der Waals surface area (Å²) in [7, 11) is 2.03. The first-order chi connectivity index (χ1) is 17.1. The van der Waals surface area contributed by atoms with Gasteiger partial charge in [0.2, 0.25) is 5.91 Å². The van der Waals surface area contributed by atoms with Crippen molar-refractivity contribution >= 4 is 23.2 Å². The zero-order valence-corrected chi connectivity index (χ0v) is 20.4. The molecule has 0 bridgehead atoms. The maximum absolute atomic E-state index is 14.6. The normalized spacial score (nSPS) is 14.5. The zero-order chi connectivity index (χ0) is 26.0. The van der Waals surface area contributed by atoms with E-state index in [1.807, 2.05) is 25.8 Å². The van der Waals surface area contributed by atoms with E-state index in [0.29, 0.717) is 18.8 Å². The number of amides is 2. The number of nitrogens with zero attached hydrogens (tertiary/aromatic N) is 4. The highest BCUT2D eigenvalue weighted by Gasteiger charge is 2.34. The van der Waals surface area contributed by atoms with Crippen molar-refractivity contribution in [1.82, 2.24) is 20.0 Å². The van der Waals surface area contributed by atoms with Gasteiger partial charge in [0.25, 0.3) is 5.91 Å². The molecule has 3 N–H and O–H groups in total. The van der Waals surface area contributed by atoms with Crippen LogP contribution in [0.5, 0.6) is 0 Å². The van der Waals surface area contributed by atoms with Gasteiger partial charge in [0, 0.05) is 37.4 Å². The van der Waals surface area contributed by atoms with Crippen LogP contribution in [0.1, 0.15) is 29.9 Å². The number of benzene rings is 2. The lowest BCUT2D eigenvalue weighted by molar-refractivity contribution is -0.137. The summed E-state index contributed by atoms with van der Waals surface area (Å²) in [6.07, 6.45) is 1.17. The second-order valence-corrected chi connectivity index (χ2v) is 9.37. The minimum Gasteiger partial charge on any atom is -0.364 e. The molecular formula is C26H28F2N6O2. The van der Waals surface area contributed by atoms with Gasteiger partial charge in [-0.05, 0) is 50.7 Å². The second-order valence-electron chi connectivity index (χ2n) is 9.37. The Hall–Kier alpha value is -3.92. The lowest BCUT2D eigenvalue weighted by Gasteiger charge is -2.37. The Morgan fingerprint density at radius 2 is 1.61 bits per heavy atom. The van der Waals surface area contributed by atoms with Gasteiger partial charge in [0.1, 0.15) is 11.6 Å². The van der Waals surface area contributed by atoms with Crippen molar-refractivity contribution in [1.29, 1.82) is 0 Å². The number of anilines is 2. The van der Waals surface area contributed by atoms with Gasteiger partial charge in [0.15, 0.2) is 5.69 Å². The summed E-state index contributed by atoms with van der Waals surface area (Å²) in [5.41, 5.74) is 5.45. The smallest absolute Gasteiger partial charge is 0.271 e. The van der Waals surface area contributed by atoms with Crippen molar-refractivity contribution in [2.24, 2.45) is 5.73 Å². The molecule has 4 rings (SSSR count). The van der Waals surface area contributed by atoms with E-state index in [1.54, 1.807) is 24.3 Å². The summed E-state index contributed by atoms with van der Waals surface area (Å²) in [6.45, 7) is 6.78. The lowest BCUT2D eigenvalue weighted by Crippen LogP contribution is -2.52. The molecule has 1 fully saturated rings. The van der Waals surface area contributed by atoms with E-state index in [0.717, 1.165) is 30.8 Å². The fourth-order valence-corrected chi connectivity index (χ4v) is 4.27. The average molecular weight is 495 g/mol. The molecule has 10 heteroatoms. The quantitative estimate of drug-likeness (QED) is 0.545. The van der Waals surface area contributed by atoms with Crippen molar-refractivity contribution in [2.75, 3.05) is 38.5 Å². The molecule has 0 saturated carbocycles. The van der Waals surface area contributed by atoms with Crippen molar-refractivity contribution in [3.05, 3.63) is 71.6 Å². The SMILES string of the molecule is CN1CCN(C(=O)C(C)(C)c2ccc(Nc3c(-c4c(F)cccc4F)cnnc3C(N)=O)cc2)CC1. The van der Waals surface area contributed by atoms with Crippen molar-refractivity contribution in [3.8, 4) is 11.1 Å². The number of hydrogen-bond donors (Lipinski definition) is 2. The maximum Gasteiger partial charge on any atom is 0.271 e. The molecule has 0 aliphatic carbocycles. The third-order valence-corrected chi connectivity index (χ3v) is 6.52. The van der Waals surface area contributed by atoms with E-state index in [1.165, 1.54) is 12.3 Å². The highest BCUT2D eigenvalue weighted by molar-refractivity contribution is 6.01. The molecule has 1 aliphatic rings. The minimum absolute atomic E-state index is 0.00375. The van der Waals surface area contributed by atoms with Crippen molar-refractivity contribution in [2.45, 2.75) is 19.3 Å². The first-order valence-corrected chi connectivity index (χ1v) is 11.5. The van der Waals surface area contributed by atoms with Gasteiger partial charge in [-0.25, -0.2) is 8.78 Å². The molecule has 8 nitrogen and oxygen atoms in total. The number of nitrogens with two attached hydrogens (primary N) is 1. The molecule has 0 radical (unpaired) electrons. The van der Waals surface area contributed by atoms with Crippen LogP contribution in [0.25, 0.3) is 11.1 Å². The topological polar surface area (TPSA) is 104 Å². The molecule has 2 amide bonds. The minimum atomic E-state index is -0.904. The summed E-state index contributed by atoms with van der Waals surface area (Å²) >= 11 is 0. The molecule has 0 atom stereocenters. The first-order valence-electron chi connectivity index (χ1n) is 11.5. The maximum atomic E-state index is 14.6. The number of rotatable bonds is 6. The molecule has 2 heterocycles. The summed E-state index contributed by atoms with van der Waals surface area (Å²) in [6, 6.07) is 10.5. The largest absolute Gasteiger partial charge is 0.364 e. The monoisotopic (exact) mass is 494 g/mol. The standard InChI is InChI=1S/C26H28F2N6O2/c1-26(2,25(36)34-13-11-33(3)12-14-34)16-7-9-17(10-8-16)31-22-18(15-30-32-23(22)24(29)35)21-19(27)5-4-6-20(21)28/h4-10,15H,11-14H2,1-3H3,(H2,29,35)(H,30,31). The van der Waals surface area contributed by atoms with Crippen LogP contribution in [0.4, 0.5) is 20.2 Å². The highest BCUT2D eigenvalue weighted by atomic mass is 19.1. The Labute approximate surface area is 208 Å². The molecule has 0 unspecified atom stereocenters. The third kappa shape index (κ3) is 4.90. The van der Waals surface area contributed by atoms with E-state index in [9.17, 15) is 18.4 Å². The molecular weight excluding hydrogens is 466 g/mol. The van der Waals surface area contributed by atoms with Gasteiger partial charge in [-0.15, -0.1) is 5.10 Å². The Kier molecular flexibility index (Phi) is 6.98. The van der Waals surface area contributed by atoms with Gasteiger partial charge < -0.3 is 20.9 Å². The van der Waals surface area contributed by atoms with Crippen molar-refractivity contribution < 1.29 is 18.4 Å². The summed E-state index contributed by atoms with van der Waals surface area (Å²) in [4.78, 5) is 29.4. The summed E-state index contributed by atoms with van der Waals surface area (Å²) in [5, 5.41) is 10.5. The highest BCUT2D eigenvalue weighted by Crippen LogP contribution is 2.35. The van der Waals surface area contributed by atoms with Gasteiger partial charge >= 0.3 is 0 Å². The number of piperazine rings is 1. The number of carbonyl (C=O) groups excluding carboxylic acids is 2. The Morgan fingerprint density at radius 1 is 1.00 bits per heavy atom. The van der Waals surface area contributed by atoms with Crippen molar-refractivity contribution in [3.63, 3.8) is 0 Å². The van der Waals surface area contributed by atoms with Crippen LogP contribution in [-0.2, 0) is 10.2 Å². The average Bonchev–Trinajstić information content (AvgIpc) is 2.85. The van der Waals surface area contributed by atoms with E-state index < -0.39 is 23.0 Å². The summed E-state index contributed by atoms with van der Waals surface area (Å²) < 4.78 is 29.1. The van der Waals surface area contributed by atoms with Crippen LogP contribution in [-0.4, -0.2) is 65.0 Å². The van der Waals surface area contributed by atoms with Gasteiger partial charge in [-0.2, -0.15) is 5.10 Å². The molecule has 1 aromatic heterocycles. The molecule has 0 spiro atoms. The number of halogens is 2. The zero-order valence-electron chi connectivity index (χ0n) is 20.4. The number of aromatic nitrogens is 2. The van der Waals surface area contributed by atoms with Gasteiger partial charge in [-0.1, -0.05) is 18.2 Å². The molecule has 1 aliphatic heterocycles. The van der Waals surface area contributed by atoms with Crippen LogP contribution < -0.4 is 11.1 Å². The number of likely N-dealkylation sites (N-methyl/N-ethyl adjacent to an activating group) is 1. The van der Waals surface area contributed by atoms with E-state index in [2.05, 4.69) is 20.4 Å². The van der Waals surface area contributed by atoms with Crippen LogP contribution in [0, 0.1) is 11.6 Å². The Morgan fingerprint density at radius 3 is 2.19 bits per heavy atom. The molecule has 36 heavy (non-hydrogen) atoms. The number of carbonyl (C=O) groups is 2. The Bertz CT molecular complexity index is 1270. The van der Waals surface area contributed by atoms with E-state index in [-0.39, 0.29) is 28.4 Å². The number of hydrogen-bond acceptors (Lipinski definition) is 6. The number of nitrogens with one attached hydrogen (secondary N) is 1. The van der Waals surface area contributed by atoms with Crippen LogP contribution in [0.15, 0.2) is 48.7 Å². The molecule has 2 aromatic carbocycles. The molecule has 188 valence electrons. The second kappa shape index (κ2) is 9.98. The molecule has 3 aromatic rings.